The first-order valence-electron chi connectivity index (χ1n) is 19.6. The maximum absolute atomic E-state index is 14.9. The van der Waals surface area contributed by atoms with E-state index < -0.39 is 19.9 Å². The third-order valence-corrected chi connectivity index (χ3v) is 13.4. The second-order valence-electron chi connectivity index (χ2n) is 15.2. The Morgan fingerprint density at radius 1 is 1.05 bits per heavy atom. The molecule has 0 bridgehead atoms. The van der Waals surface area contributed by atoms with E-state index in [2.05, 4.69) is 68.3 Å². The largest absolute Gasteiger partial charge is 0.491 e. The molecule has 4 heterocycles. The number of likely N-dealkylation sites (tertiary alicyclic amines) is 1. The summed E-state index contributed by atoms with van der Waals surface area (Å²) < 4.78 is 35.4. The first kappa shape index (κ1) is 42.2. The first-order chi connectivity index (χ1) is 27.5. The molecule has 11 nitrogen and oxygen atoms in total. The van der Waals surface area contributed by atoms with Crippen molar-refractivity contribution in [1.82, 2.24) is 24.6 Å². The van der Waals surface area contributed by atoms with E-state index in [9.17, 15) is 9.18 Å². The van der Waals surface area contributed by atoms with Crippen LogP contribution < -0.4 is 14.4 Å². The highest BCUT2D eigenvalue weighted by Gasteiger charge is 2.23. The highest BCUT2D eigenvalue weighted by molar-refractivity contribution is 7.16. The standard InChI is InChI=1S/C42H52FN7O4S2Si/c1-7-53-40(51)38-36(18-14-24-54-34-20-19-31(28-32(34)43)15-13-23-49-21-11-8-12-22-49)56-41(44-38)48(3)37-27-30(2)39(47-46-37)45-42-50(29-52-25-26-57(4,5)6)33-16-9-10-17-35(33)55-42/h9-10,16-17,19-20,27-28H,7-8,11-12,14,18,21-26,29H2,1-6H3. The zero-order valence-electron chi connectivity index (χ0n) is 33.8. The van der Waals surface area contributed by atoms with Gasteiger partial charge in [-0.2, -0.15) is 4.99 Å². The minimum absolute atomic E-state index is 0.170. The summed E-state index contributed by atoms with van der Waals surface area (Å²) >= 11 is 2.96. The fraction of sp³-hybridized carbons (Fsp3) is 0.452. The number of esters is 1. The number of anilines is 2. The van der Waals surface area contributed by atoms with Gasteiger partial charge >= 0.3 is 5.97 Å². The minimum atomic E-state index is -1.22. The molecule has 0 saturated carbocycles. The summed E-state index contributed by atoms with van der Waals surface area (Å²) in [7, 11) is 0.616. The number of piperidine rings is 1. The van der Waals surface area contributed by atoms with Gasteiger partial charge in [-0.3, -0.25) is 9.47 Å². The summed E-state index contributed by atoms with van der Waals surface area (Å²) in [4.78, 5) is 28.3. The molecule has 0 atom stereocenters. The number of fused-ring (bicyclic) bond motifs is 1. The molecule has 1 saturated heterocycles. The van der Waals surface area contributed by atoms with Crippen LogP contribution in [0.25, 0.3) is 10.2 Å². The van der Waals surface area contributed by atoms with Gasteiger partial charge in [0.05, 0.1) is 30.0 Å². The van der Waals surface area contributed by atoms with Crippen molar-refractivity contribution in [3.63, 3.8) is 0 Å². The van der Waals surface area contributed by atoms with Gasteiger partial charge in [0.2, 0.25) is 0 Å². The number of halogens is 1. The Morgan fingerprint density at radius 2 is 1.86 bits per heavy atom. The molecule has 0 N–H and O–H groups in total. The Kier molecular flexibility index (Phi) is 14.6. The number of aromatic nitrogens is 4. The zero-order valence-corrected chi connectivity index (χ0v) is 36.4. The predicted molar refractivity (Wildman–Crippen MR) is 229 cm³/mol. The van der Waals surface area contributed by atoms with Crippen LogP contribution in [0.1, 0.15) is 59.1 Å². The Hall–Kier alpha value is -4.46. The number of hydrogen-bond acceptors (Lipinski definition) is 12. The average molecular weight is 830 g/mol. The number of rotatable bonds is 16. The molecule has 0 aliphatic carbocycles. The maximum atomic E-state index is 14.9. The van der Waals surface area contributed by atoms with Crippen LogP contribution in [0, 0.1) is 24.6 Å². The summed E-state index contributed by atoms with van der Waals surface area (Å²) in [5.74, 6) is 6.53. The fourth-order valence-electron chi connectivity index (χ4n) is 6.19. The topological polar surface area (TPSA) is 107 Å². The lowest BCUT2D eigenvalue weighted by molar-refractivity contribution is 0.0519. The fourth-order valence-corrected chi connectivity index (χ4v) is 9.02. The molecule has 6 rings (SSSR count). The van der Waals surface area contributed by atoms with Crippen LogP contribution >= 0.6 is 22.7 Å². The summed E-state index contributed by atoms with van der Waals surface area (Å²) in [5, 5.41) is 9.60. The lowest BCUT2D eigenvalue weighted by Gasteiger charge is -2.23. The minimum Gasteiger partial charge on any atom is -0.491 e. The van der Waals surface area contributed by atoms with Gasteiger partial charge in [-0.15, -0.1) is 21.5 Å². The van der Waals surface area contributed by atoms with E-state index in [0.717, 1.165) is 44.6 Å². The van der Waals surface area contributed by atoms with Crippen molar-refractivity contribution in [3.05, 3.63) is 80.8 Å². The van der Waals surface area contributed by atoms with Crippen LogP contribution in [0.3, 0.4) is 0 Å². The number of aryl methyl sites for hydroxylation is 2. The molecule has 0 radical (unpaired) electrons. The number of carbonyl (C=O) groups is 1. The van der Waals surface area contributed by atoms with Gasteiger partial charge in [-0.05, 0) is 101 Å². The predicted octanol–water partition coefficient (Wildman–Crippen LogP) is 8.74. The molecular weight excluding hydrogens is 778 g/mol. The lowest BCUT2D eigenvalue weighted by atomic mass is 10.1. The molecule has 0 spiro atoms. The van der Waals surface area contributed by atoms with Gasteiger partial charge in [0.1, 0.15) is 6.73 Å². The van der Waals surface area contributed by atoms with Crippen molar-refractivity contribution in [3.8, 4) is 17.6 Å². The van der Waals surface area contributed by atoms with Crippen LogP contribution in [0.2, 0.25) is 25.7 Å². The summed E-state index contributed by atoms with van der Waals surface area (Å²) in [6.07, 6.45) is 4.71. The Morgan fingerprint density at radius 3 is 2.61 bits per heavy atom. The van der Waals surface area contributed by atoms with Gasteiger partial charge < -0.3 is 19.1 Å². The molecule has 0 unspecified atom stereocenters. The highest BCUT2D eigenvalue weighted by Crippen LogP contribution is 2.32. The van der Waals surface area contributed by atoms with Crippen molar-refractivity contribution in [2.24, 2.45) is 4.99 Å². The number of para-hydroxylation sites is 1. The molecule has 3 aromatic heterocycles. The molecular formula is C42H52FN7O4S2Si. The van der Waals surface area contributed by atoms with E-state index in [0.29, 0.717) is 55.1 Å². The molecule has 5 aromatic rings. The number of ether oxygens (including phenoxy) is 3. The van der Waals surface area contributed by atoms with Gasteiger partial charge in [0.25, 0.3) is 0 Å². The van der Waals surface area contributed by atoms with Gasteiger partial charge in [0, 0.05) is 32.2 Å². The van der Waals surface area contributed by atoms with E-state index in [-0.39, 0.29) is 24.7 Å². The van der Waals surface area contributed by atoms with Crippen molar-refractivity contribution in [2.45, 2.75) is 78.4 Å². The maximum Gasteiger partial charge on any atom is 0.358 e. The monoisotopic (exact) mass is 829 g/mol. The van der Waals surface area contributed by atoms with Crippen molar-refractivity contribution >= 4 is 63.7 Å². The van der Waals surface area contributed by atoms with Crippen molar-refractivity contribution in [2.75, 3.05) is 51.4 Å². The van der Waals surface area contributed by atoms with E-state index in [1.807, 2.05) is 32.2 Å². The summed E-state index contributed by atoms with van der Waals surface area (Å²) in [5.41, 5.74) is 2.77. The van der Waals surface area contributed by atoms with Gasteiger partial charge in [0.15, 0.2) is 38.8 Å². The van der Waals surface area contributed by atoms with E-state index >= 15 is 0 Å². The van der Waals surface area contributed by atoms with Crippen LogP contribution in [0.5, 0.6) is 5.75 Å². The molecule has 0 amide bonds. The smallest absolute Gasteiger partial charge is 0.358 e. The molecule has 57 heavy (non-hydrogen) atoms. The molecule has 2 aromatic carbocycles. The molecule has 1 fully saturated rings. The normalized spacial score (nSPS) is 13.8. The van der Waals surface area contributed by atoms with Crippen molar-refractivity contribution in [1.29, 1.82) is 0 Å². The van der Waals surface area contributed by atoms with E-state index in [1.54, 1.807) is 35.3 Å². The number of hydrogen-bond donors (Lipinski definition) is 0. The highest BCUT2D eigenvalue weighted by atomic mass is 32.1. The second kappa shape index (κ2) is 19.8. The molecule has 15 heteroatoms. The third kappa shape index (κ3) is 11.6. The Balaban J connectivity index is 1.12. The number of nitrogens with zero attached hydrogens (tertiary/aromatic N) is 7. The summed E-state index contributed by atoms with van der Waals surface area (Å²) in [6.45, 7) is 15.2. The Bertz CT molecular complexity index is 2290. The second-order valence-corrected chi connectivity index (χ2v) is 22.9. The Labute approximate surface area is 343 Å². The lowest BCUT2D eigenvalue weighted by Crippen LogP contribution is -2.29. The number of benzene rings is 2. The van der Waals surface area contributed by atoms with Gasteiger partial charge in [-0.25, -0.2) is 14.2 Å². The summed E-state index contributed by atoms with van der Waals surface area (Å²) in [6, 6.07) is 16.0. The van der Waals surface area contributed by atoms with E-state index in [4.69, 9.17) is 19.2 Å². The zero-order chi connectivity index (χ0) is 40.4. The van der Waals surface area contributed by atoms with Crippen LogP contribution in [-0.2, 0) is 22.6 Å². The average Bonchev–Trinajstić information content (AvgIpc) is 3.78. The van der Waals surface area contributed by atoms with Crippen LogP contribution in [0.15, 0.2) is 53.5 Å². The first-order valence-corrected chi connectivity index (χ1v) is 24.9. The van der Waals surface area contributed by atoms with Crippen molar-refractivity contribution < 1.29 is 23.4 Å². The van der Waals surface area contributed by atoms with Crippen LogP contribution in [0.4, 0.5) is 21.2 Å². The quantitative estimate of drug-likeness (QED) is 0.0418. The molecule has 1 aliphatic rings. The van der Waals surface area contributed by atoms with Crippen LogP contribution in [-0.4, -0.2) is 85.2 Å². The van der Waals surface area contributed by atoms with Gasteiger partial charge in [-0.1, -0.05) is 61.4 Å². The SMILES string of the molecule is CCOC(=O)c1nc(N(C)c2cc(C)c(N=c3sc4ccccc4n3COCC[Si](C)(C)C)nn2)sc1CCCOc1ccc(C#CCN2CCCCC2)cc1F. The molecule has 302 valence electrons. The molecule has 1 aliphatic heterocycles. The third-order valence-electron chi connectivity index (χ3n) is 9.46. The number of carbonyl (C=O) groups excluding carboxylic acids is 1. The van der Waals surface area contributed by atoms with E-state index in [1.165, 1.54) is 36.7 Å². The number of thiazole rings is 2.